The highest BCUT2D eigenvalue weighted by molar-refractivity contribution is 9.10. The lowest BCUT2D eigenvalue weighted by molar-refractivity contribution is 0.0691. The van der Waals surface area contributed by atoms with Crippen molar-refractivity contribution in [3.63, 3.8) is 0 Å². The maximum atomic E-state index is 12.2. The Labute approximate surface area is 109 Å². The lowest BCUT2D eigenvalue weighted by atomic mass is 10.1. The van der Waals surface area contributed by atoms with Gasteiger partial charge in [-0.25, -0.2) is 0 Å². The minimum Gasteiger partial charge on any atom is -0.444 e. The van der Waals surface area contributed by atoms with E-state index in [1.54, 1.807) is 12.1 Å². The number of carbonyl (C=O) groups is 1. The van der Waals surface area contributed by atoms with E-state index in [1.807, 2.05) is 4.90 Å². The van der Waals surface area contributed by atoms with Crippen LogP contribution in [0.2, 0.25) is 0 Å². The third-order valence-corrected chi connectivity index (χ3v) is 3.54. The first-order valence-electron chi connectivity index (χ1n) is 5.89. The molecule has 0 saturated carbocycles. The van der Waals surface area contributed by atoms with Crippen LogP contribution in [0.25, 0.3) is 0 Å². The summed E-state index contributed by atoms with van der Waals surface area (Å²) in [7, 11) is 0. The quantitative estimate of drug-likeness (QED) is 0.929. The lowest BCUT2D eigenvalue weighted by Crippen LogP contribution is -2.35. The van der Waals surface area contributed by atoms with Crippen molar-refractivity contribution in [1.82, 2.24) is 4.90 Å². The molecule has 1 aliphatic rings. The zero-order valence-corrected chi connectivity index (χ0v) is 11.1. The molecule has 0 radical (unpaired) electrons. The minimum absolute atomic E-state index is 0.0452. The molecule has 2 heterocycles. The second-order valence-electron chi connectivity index (χ2n) is 4.26. The van der Waals surface area contributed by atoms with Crippen LogP contribution in [0.1, 0.15) is 36.2 Å². The zero-order valence-electron chi connectivity index (χ0n) is 9.56. The van der Waals surface area contributed by atoms with Gasteiger partial charge in [0.1, 0.15) is 0 Å². The molecular weight excluding hydrogens is 286 g/mol. The number of aliphatic hydroxyl groups excluding tert-OH is 1. The Morgan fingerprint density at radius 3 is 3.06 bits per heavy atom. The van der Waals surface area contributed by atoms with Gasteiger partial charge >= 0.3 is 0 Å². The molecule has 1 aromatic heterocycles. The molecule has 4 nitrogen and oxygen atoms in total. The van der Waals surface area contributed by atoms with Gasteiger partial charge < -0.3 is 14.4 Å². The van der Waals surface area contributed by atoms with Crippen LogP contribution in [0, 0.1) is 0 Å². The van der Waals surface area contributed by atoms with E-state index in [0.29, 0.717) is 10.4 Å². The van der Waals surface area contributed by atoms with Gasteiger partial charge in [-0.3, -0.25) is 4.79 Å². The van der Waals surface area contributed by atoms with Crippen molar-refractivity contribution < 1.29 is 14.3 Å². The average Bonchev–Trinajstić information content (AvgIpc) is 2.94. The topological polar surface area (TPSA) is 53.7 Å². The van der Waals surface area contributed by atoms with Crippen LogP contribution >= 0.6 is 15.9 Å². The molecule has 0 aliphatic carbocycles. The number of furan rings is 1. The average molecular weight is 302 g/mol. The number of halogens is 1. The standard InChI is InChI=1S/C12H16BrNO3/c13-11-6-5-10(17-11)12(16)14-7-1-3-9(14)4-2-8-15/h5-6,9,15H,1-4,7-8H2. The highest BCUT2D eigenvalue weighted by Gasteiger charge is 2.30. The highest BCUT2D eigenvalue weighted by atomic mass is 79.9. The summed E-state index contributed by atoms with van der Waals surface area (Å²) >= 11 is 3.20. The molecule has 1 fully saturated rings. The van der Waals surface area contributed by atoms with Crippen LogP contribution in [-0.2, 0) is 0 Å². The number of hydrogen-bond donors (Lipinski definition) is 1. The van der Waals surface area contributed by atoms with E-state index >= 15 is 0 Å². The third kappa shape index (κ3) is 2.90. The van der Waals surface area contributed by atoms with Crippen molar-refractivity contribution in [2.24, 2.45) is 0 Å². The largest absolute Gasteiger partial charge is 0.444 e. The van der Waals surface area contributed by atoms with E-state index in [0.717, 1.165) is 32.2 Å². The Bertz CT molecular complexity index is 391. The Morgan fingerprint density at radius 1 is 1.59 bits per heavy atom. The van der Waals surface area contributed by atoms with Gasteiger partial charge in [0, 0.05) is 19.2 Å². The normalized spacial score (nSPS) is 19.9. The zero-order chi connectivity index (χ0) is 12.3. The predicted molar refractivity (Wildman–Crippen MR) is 66.8 cm³/mol. The molecule has 1 atom stereocenters. The molecule has 17 heavy (non-hydrogen) atoms. The predicted octanol–water partition coefficient (Wildman–Crippen LogP) is 2.42. The monoisotopic (exact) mass is 301 g/mol. The number of hydrogen-bond acceptors (Lipinski definition) is 3. The van der Waals surface area contributed by atoms with Gasteiger partial charge in [0.25, 0.3) is 5.91 Å². The number of likely N-dealkylation sites (tertiary alicyclic amines) is 1. The summed E-state index contributed by atoms with van der Waals surface area (Å²) < 4.78 is 5.86. The third-order valence-electron chi connectivity index (χ3n) is 3.12. The number of amides is 1. The van der Waals surface area contributed by atoms with E-state index in [9.17, 15) is 4.79 Å². The summed E-state index contributed by atoms with van der Waals surface area (Å²) in [5.74, 6) is 0.337. The van der Waals surface area contributed by atoms with Crippen molar-refractivity contribution in [1.29, 1.82) is 0 Å². The summed E-state index contributed by atoms with van der Waals surface area (Å²) in [6.45, 7) is 0.970. The molecule has 2 rings (SSSR count). The van der Waals surface area contributed by atoms with Crippen molar-refractivity contribution in [3.05, 3.63) is 22.6 Å². The minimum atomic E-state index is -0.0452. The van der Waals surface area contributed by atoms with Crippen molar-refractivity contribution in [2.45, 2.75) is 31.7 Å². The van der Waals surface area contributed by atoms with E-state index in [2.05, 4.69) is 15.9 Å². The molecule has 0 spiro atoms. The SMILES string of the molecule is O=C(c1ccc(Br)o1)N1CCCC1CCCO. The summed E-state index contributed by atoms with van der Waals surface area (Å²) in [6, 6.07) is 3.67. The van der Waals surface area contributed by atoms with E-state index in [4.69, 9.17) is 9.52 Å². The smallest absolute Gasteiger partial charge is 0.289 e. The van der Waals surface area contributed by atoms with Crippen LogP contribution in [0.15, 0.2) is 21.2 Å². The first-order valence-corrected chi connectivity index (χ1v) is 6.69. The molecular formula is C12H16BrNO3. The first-order chi connectivity index (χ1) is 8.22. The Kier molecular flexibility index (Phi) is 4.23. The second-order valence-corrected chi connectivity index (χ2v) is 5.05. The highest BCUT2D eigenvalue weighted by Crippen LogP contribution is 2.25. The lowest BCUT2D eigenvalue weighted by Gasteiger charge is -2.23. The van der Waals surface area contributed by atoms with Crippen LogP contribution in [0.3, 0.4) is 0 Å². The number of aliphatic hydroxyl groups is 1. The Hall–Kier alpha value is -0.810. The molecule has 0 aromatic carbocycles. The fraction of sp³-hybridized carbons (Fsp3) is 0.583. The summed E-state index contributed by atoms with van der Waals surface area (Å²) in [4.78, 5) is 14.0. The van der Waals surface area contributed by atoms with Crippen LogP contribution < -0.4 is 0 Å². The molecule has 1 amide bonds. The van der Waals surface area contributed by atoms with Gasteiger partial charge in [0.05, 0.1) is 0 Å². The van der Waals surface area contributed by atoms with Gasteiger partial charge in [-0.1, -0.05) is 0 Å². The van der Waals surface area contributed by atoms with Crippen LogP contribution in [-0.4, -0.2) is 35.1 Å². The van der Waals surface area contributed by atoms with Gasteiger partial charge in [-0.2, -0.15) is 0 Å². The van der Waals surface area contributed by atoms with Gasteiger partial charge in [-0.05, 0) is 53.7 Å². The first kappa shape index (κ1) is 12.6. The molecule has 5 heteroatoms. The van der Waals surface area contributed by atoms with E-state index in [1.165, 1.54) is 0 Å². The maximum Gasteiger partial charge on any atom is 0.289 e. The van der Waals surface area contributed by atoms with Gasteiger partial charge in [-0.15, -0.1) is 0 Å². The number of nitrogens with zero attached hydrogens (tertiary/aromatic N) is 1. The summed E-state index contributed by atoms with van der Waals surface area (Å²) in [5.41, 5.74) is 0. The molecule has 1 unspecified atom stereocenters. The van der Waals surface area contributed by atoms with Crippen molar-refractivity contribution in [2.75, 3.05) is 13.2 Å². The molecule has 1 aliphatic heterocycles. The fourth-order valence-corrected chi connectivity index (χ4v) is 2.61. The molecule has 94 valence electrons. The van der Waals surface area contributed by atoms with E-state index in [-0.39, 0.29) is 18.6 Å². The Morgan fingerprint density at radius 2 is 2.41 bits per heavy atom. The molecule has 0 bridgehead atoms. The fourth-order valence-electron chi connectivity index (χ4n) is 2.30. The number of rotatable bonds is 4. The second kappa shape index (κ2) is 5.69. The van der Waals surface area contributed by atoms with Gasteiger partial charge in [0.2, 0.25) is 0 Å². The van der Waals surface area contributed by atoms with Crippen molar-refractivity contribution >= 4 is 21.8 Å². The van der Waals surface area contributed by atoms with Crippen LogP contribution in [0.4, 0.5) is 0 Å². The maximum absolute atomic E-state index is 12.2. The van der Waals surface area contributed by atoms with E-state index < -0.39 is 0 Å². The number of carbonyl (C=O) groups excluding carboxylic acids is 1. The molecule has 1 saturated heterocycles. The Balaban J connectivity index is 2.03. The summed E-state index contributed by atoms with van der Waals surface area (Å²) in [6.07, 6.45) is 3.66. The molecule has 1 aromatic rings. The summed E-state index contributed by atoms with van der Waals surface area (Å²) in [5, 5.41) is 8.84. The van der Waals surface area contributed by atoms with Gasteiger partial charge in [0.15, 0.2) is 10.4 Å². The molecule has 1 N–H and O–H groups in total. The van der Waals surface area contributed by atoms with Crippen LogP contribution in [0.5, 0.6) is 0 Å². The van der Waals surface area contributed by atoms with Crippen molar-refractivity contribution in [3.8, 4) is 0 Å².